The molecule has 0 aromatic heterocycles. The van der Waals surface area contributed by atoms with Crippen LogP contribution in [0.4, 0.5) is 4.79 Å². The molecule has 21 heavy (non-hydrogen) atoms. The molecule has 2 fully saturated rings. The molecule has 2 aliphatic rings. The van der Waals surface area contributed by atoms with Gasteiger partial charge in [-0.15, -0.1) is 0 Å². The Morgan fingerprint density at radius 3 is 2.24 bits per heavy atom. The van der Waals surface area contributed by atoms with Gasteiger partial charge in [-0.25, -0.2) is 4.79 Å². The molecule has 5 heteroatoms. The Balaban J connectivity index is 1.78. The summed E-state index contributed by atoms with van der Waals surface area (Å²) in [5, 5.41) is 3.41. The van der Waals surface area contributed by atoms with E-state index in [1.165, 1.54) is 0 Å². The first-order chi connectivity index (χ1) is 9.87. The van der Waals surface area contributed by atoms with E-state index in [0.717, 1.165) is 52.1 Å². The summed E-state index contributed by atoms with van der Waals surface area (Å²) in [5.41, 5.74) is -0.401. The molecule has 2 rings (SSSR count). The van der Waals surface area contributed by atoms with E-state index in [0.29, 0.717) is 12.0 Å². The Morgan fingerprint density at radius 2 is 1.71 bits per heavy atom. The van der Waals surface area contributed by atoms with Crippen molar-refractivity contribution < 1.29 is 9.53 Å². The van der Waals surface area contributed by atoms with Gasteiger partial charge in [0.15, 0.2) is 0 Å². The molecule has 0 saturated carbocycles. The van der Waals surface area contributed by atoms with E-state index < -0.39 is 5.60 Å². The summed E-state index contributed by atoms with van der Waals surface area (Å²) >= 11 is 0. The van der Waals surface area contributed by atoms with Gasteiger partial charge >= 0.3 is 6.09 Å². The lowest BCUT2D eigenvalue weighted by Gasteiger charge is -2.41. The summed E-state index contributed by atoms with van der Waals surface area (Å²) in [5.74, 6) is 0.696. The van der Waals surface area contributed by atoms with Crippen LogP contribution in [0.5, 0.6) is 0 Å². The van der Waals surface area contributed by atoms with Crippen LogP contribution in [-0.4, -0.2) is 66.8 Å². The van der Waals surface area contributed by atoms with Crippen molar-refractivity contribution >= 4 is 6.09 Å². The van der Waals surface area contributed by atoms with E-state index in [2.05, 4.69) is 17.1 Å². The fraction of sp³-hybridized carbons (Fsp3) is 0.938. The van der Waals surface area contributed by atoms with Gasteiger partial charge in [-0.2, -0.15) is 0 Å². The topological polar surface area (TPSA) is 44.8 Å². The molecular formula is C16H31N3O2. The maximum absolute atomic E-state index is 12.1. The van der Waals surface area contributed by atoms with E-state index in [4.69, 9.17) is 4.74 Å². The van der Waals surface area contributed by atoms with E-state index in [9.17, 15) is 4.79 Å². The SMILES string of the molecule is C[C@@H](C1CCN(C(=O)OC(C)(C)C)CC1)N1CCNCC1. The third-order valence-corrected chi connectivity index (χ3v) is 4.60. The average molecular weight is 297 g/mol. The van der Waals surface area contributed by atoms with Crippen molar-refractivity contribution in [2.45, 2.75) is 52.2 Å². The molecule has 0 unspecified atom stereocenters. The van der Waals surface area contributed by atoms with Crippen molar-refractivity contribution in [1.29, 1.82) is 0 Å². The second-order valence-electron chi connectivity index (χ2n) is 7.33. The van der Waals surface area contributed by atoms with Crippen LogP contribution in [-0.2, 0) is 4.74 Å². The highest BCUT2D eigenvalue weighted by atomic mass is 16.6. The molecule has 2 aliphatic heterocycles. The molecule has 1 amide bonds. The normalized spacial score (nSPS) is 23.9. The largest absolute Gasteiger partial charge is 0.444 e. The van der Waals surface area contributed by atoms with Gasteiger partial charge in [0.1, 0.15) is 5.60 Å². The molecule has 0 aliphatic carbocycles. The van der Waals surface area contributed by atoms with Gasteiger partial charge in [0, 0.05) is 45.3 Å². The molecule has 2 saturated heterocycles. The number of ether oxygens (including phenoxy) is 1. The Labute approximate surface area is 129 Å². The second-order valence-corrected chi connectivity index (χ2v) is 7.33. The van der Waals surface area contributed by atoms with Crippen molar-refractivity contribution in [1.82, 2.24) is 15.1 Å². The highest BCUT2D eigenvalue weighted by Gasteiger charge is 2.31. The van der Waals surface area contributed by atoms with Crippen LogP contribution in [0.1, 0.15) is 40.5 Å². The number of amides is 1. The minimum absolute atomic E-state index is 0.157. The number of nitrogens with one attached hydrogen (secondary N) is 1. The van der Waals surface area contributed by atoms with Crippen LogP contribution in [0.3, 0.4) is 0 Å². The van der Waals surface area contributed by atoms with E-state index in [-0.39, 0.29) is 6.09 Å². The van der Waals surface area contributed by atoms with E-state index in [1.54, 1.807) is 0 Å². The first-order valence-corrected chi connectivity index (χ1v) is 8.29. The number of piperazine rings is 1. The van der Waals surface area contributed by atoms with Crippen molar-refractivity contribution in [2.75, 3.05) is 39.3 Å². The fourth-order valence-electron chi connectivity index (χ4n) is 3.28. The number of likely N-dealkylation sites (tertiary alicyclic amines) is 1. The van der Waals surface area contributed by atoms with Crippen molar-refractivity contribution in [3.05, 3.63) is 0 Å². The zero-order chi connectivity index (χ0) is 15.5. The number of hydrogen-bond acceptors (Lipinski definition) is 4. The van der Waals surface area contributed by atoms with Gasteiger partial charge in [0.2, 0.25) is 0 Å². The number of hydrogen-bond donors (Lipinski definition) is 1. The van der Waals surface area contributed by atoms with E-state index in [1.807, 2.05) is 25.7 Å². The number of rotatable bonds is 2. The molecule has 2 heterocycles. The molecule has 1 atom stereocenters. The predicted molar refractivity (Wildman–Crippen MR) is 84.4 cm³/mol. The maximum atomic E-state index is 12.1. The van der Waals surface area contributed by atoms with Gasteiger partial charge < -0.3 is 15.0 Å². The summed E-state index contributed by atoms with van der Waals surface area (Å²) < 4.78 is 5.46. The van der Waals surface area contributed by atoms with Crippen molar-refractivity contribution in [2.24, 2.45) is 5.92 Å². The molecule has 122 valence electrons. The zero-order valence-corrected chi connectivity index (χ0v) is 14.0. The second kappa shape index (κ2) is 6.97. The van der Waals surface area contributed by atoms with Crippen LogP contribution in [0.25, 0.3) is 0 Å². The summed E-state index contributed by atoms with van der Waals surface area (Å²) in [6, 6.07) is 0.618. The monoisotopic (exact) mass is 297 g/mol. The Morgan fingerprint density at radius 1 is 1.14 bits per heavy atom. The number of carbonyl (C=O) groups is 1. The first kappa shape index (κ1) is 16.6. The third kappa shape index (κ3) is 4.85. The quantitative estimate of drug-likeness (QED) is 0.846. The molecule has 0 aromatic rings. The minimum atomic E-state index is -0.401. The third-order valence-electron chi connectivity index (χ3n) is 4.60. The lowest BCUT2D eigenvalue weighted by atomic mass is 9.89. The summed E-state index contributed by atoms with van der Waals surface area (Å²) in [7, 11) is 0. The Hall–Kier alpha value is -0.810. The molecule has 0 radical (unpaired) electrons. The number of piperidine rings is 1. The molecule has 5 nitrogen and oxygen atoms in total. The molecule has 1 N–H and O–H groups in total. The van der Waals surface area contributed by atoms with Gasteiger partial charge in [-0.05, 0) is 46.5 Å². The standard InChI is InChI=1S/C16H31N3O2/c1-13(18-11-7-17-8-12-18)14-5-9-19(10-6-14)15(20)21-16(2,3)4/h13-14,17H,5-12H2,1-4H3/t13-/m0/s1. The number of carbonyl (C=O) groups excluding carboxylic acids is 1. The van der Waals surface area contributed by atoms with Gasteiger partial charge in [-0.1, -0.05) is 0 Å². The van der Waals surface area contributed by atoms with Crippen LogP contribution in [0, 0.1) is 5.92 Å². The number of nitrogens with zero attached hydrogens (tertiary/aromatic N) is 2. The fourth-order valence-corrected chi connectivity index (χ4v) is 3.28. The summed E-state index contributed by atoms with van der Waals surface area (Å²) in [6.45, 7) is 14.3. The Kier molecular flexibility index (Phi) is 5.49. The molecule has 0 bridgehead atoms. The molecule has 0 spiro atoms. The van der Waals surface area contributed by atoms with Crippen LogP contribution >= 0.6 is 0 Å². The molecular weight excluding hydrogens is 266 g/mol. The first-order valence-electron chi connectivity index (χ1n) is 8.29. The lowest BCUT2D eigenvalue weighted by Crippen LogP contribution is -2.52. The van der Waals surface area contributed by atoms with E-state index >= 15 is 0 Å². The minimum Gasteiger partial charge on any atom is -0.444 e. The highest BCUT2D eigenvalue weighted by Crippen LogP contribution is 2.25. The van der Waals surface area contributed by atoms with Crippen molar-refractivity contribution in [3.8, 4) is 0 Å². The molecule has 0 aromatic carbocycles. The smallest absolute Gasteiger partial charge is 0.410 e. The van der Waals surface area contributed by atoms with Crippen molar-refractivity contribution in [3.63, 3.8) is 0 Å². The van der Waals surface area contributed by atoms with Crippen LogP contribution in [0.15, 0.2) is 0 Å². The Bertz CT molecular complexity index is 340. The highest BCUT2D eigenvalue weighted by molar-refractivity contribution is 5.68. The van der Waals surface area contributed by atoms with Crippen LogP contribution in [0.2, 0.25) is 0 Å². The predicted octanol–water partition coefficient (Wildman–Crippen LogP) is 1.93. The maximum Gasteiger partial charge on any atom is 0.410 e. The average Bonchev–Trinajstić information content (AvgIpc) is 2.46. The van der Waals surface area contributed by atoms with Gasteiger partial charge in [0.05, 0.1) is 0 Å². The lowest BCUT2D eigenvalue weighted by molar-refractivity contribution is 0.0130. The summed E-state index contributed by atoms with van der Waals surface area (Å²) in [4.78, 5) is 16.5. The zero-order valence-electron chi connectivity index (χ0n) is 14.0. The van der Waals surface area contributed by atoms with Gasteiger partial charge in [0.25, 0.3) is 0 Å². The summed E-state index contributed by atoms with van der Waals surface area (Å²) in [6.07, 6.45) is 2.02. The van der Waals surface area contributed by atoms with Gasteiger partial charge in [-0.3, -0.25) is 4.90 Å². The van der Waals surface area contributed by atoms with Crippen LogP contribution < -0.4 is 5.32 Å².